The number of carbonyl (C=O) groups excluding carboxylic acids is 2. The average Bonchev–Trinajstić information content (AvgIpc) is 3.23. The van der Waals surface area contributed by atoms with E-state index in [4.69, 9.17) is 4.74 Å². The maximum atomic E-state index is 12.9. The third-order valence-corrected chi connectivity index (χ3v) is 5.20. The number of rotatable bonds is 5. The zero-order valence-corrected chi connectivity index (χ0v) is 17.2. The largest absolute Gasteiger partial charge is 0.497 e. The van der Waals surface area contributed by atoms with Crippen molar-refractivity contribution in [2.45, 2.75) is 25.6 Å². The van der Waals surface area contributed by atoms with Gasteiger partial charge in [-0.15, -0.1) is 0 Å². The highest BCUT2D eigenvalue weighted by atomic mass is 19.4. The Morgan fingerprint density at radius 2 is 1.94 bits per heavy atom. The van der Waals surface area contributed by atoms with E-state index in [2.05, 4.69) is 15.7 Å². The molecule has 0 saturated heterocycles. The molecule has 0 bridgehead atoms. The Kier molecular flexibility index (Phi) is 5.37. The summed E-state index contributed by atoms with van der Waals surface area (Å²) in [7, 11) is 1.57. The molecule has 0 fully saturated rings. The highest BCUT2D eigenvalue weighted by Gasteiger charge is 2.36. The second-order valence-electron chi connectivity index (χ2n) is 7.33. The lowest BCUT2D eigenvalue weighted by Crippen LogP contribution is -2.24. The summed E-state index contributed by atoms with van der Waals surface area (Å²) in [6, 6.07) is 10.7. The Morgan fingerprint density at radius 1 is 1.22 bits per heavy atom. The Bertz CT molecular complexity index is 1190. The Labute approximate surface area is 181 Å². The zero-order valence-electron chi connectivity index (χ0n) is 17.2. The second-order valence-corrected chi connectivity index (χ2v) is 7.33. The number of alkyl halides is 3. The molecule has 166 valence electrons. The Morgan fingerprint density at radius 3 is 2.59 bits per heavy atom. The summed E-state index contributed by atoms with van der Waals surface area (Å²) in [5.74, 6) is 0.167. The van der Waals surface area contributed by atoms with Crippen molar-refractivity contribution < 1.29 is 27.5 Å². The highest BCUT2D eigenvalue weighted by Crippen LogP contribution is 2.36. The number of carbonyl (C=O) groups is 2. The van der Waals surface area contributed by atoms with Crippen LogP contribution >= 0.6 is 0 Å². The quantitative estimate of drug-likeness (QED) is 0.611. The molecule has 0 aliphatic carbocycles. The molecular weight excluding hydrogens is 425 g/mol. The monoisotopic (exact) mass is 444 g/mol. The van der Waals surface area contributed by atoms with Crippen LogP contribution in [0.25, 0.3) is 11.3 Å². The van der Waals surface area contributed by atoms with Crippen molar-refractivity contribution in [1.29, 1.82) is 0 Å². The van der Waals surface area contributed by atoms with E-state index in [1.807, 2.05) is 19.1 Å². The normalized spacial score (nSPS) is 15.3. The van der Waals surface area contributed by atoms with Gasteiger partial charge in [-0.1, -0.05) is 6.07 Å². The van der Waals surface area contributed by atoms with Gasteiger partial charge in [-0.05, 0) is 49.4 Å². The average molecular weight is 444 g/mol. The molecular formula is C22H19F3N4O3. The van der Waals surface area contributed by atoms with E-state index in [-0.39, 0.29) is 12.1 Å². The number of hydrogen-bond acceptors (Lipinski definition) is 4. The molecule has 10 heteroatoms. The smallest absolute Gasteiger partial charge is 0.416 e. The summed E-state index contributed by atoms with van der Waals surface area (Å²) < 4.78 is 45.3. The van der Waals surface area contributed by atoms with Crippen LogP contribution in [-0.4, -0.2) is 28.7 Å². The van der Waals surface area contributed by atoms with Gasteiger partial charge in [0.25, 0.3) is 5.91 Å². The van der Waals surface area contributed by atoms with Gasteiger partial charge >= 0.3 is 6.18 Å². The fourth-order valence-electron chi connectivity index (χ4n) is 3.57. The van der Waals surface area contributed by atoms with Crippen LogP contribution in [0.1, 0.15) is 23.6 Å². The minimum absolute atomic E-state index is 0.000906. The van der Waals surface area contributed by atoms with Crippen LogP contribution < -0.4 is 15.4 Å². The van der Waals surface area contributed by atoms with Crippen LogP contribution in [0, 0.1) is 6.92 Å². The van der Waals surface area contributed by atoms with Gasteiger partial charge in [0.15, 0.2) is 0 Å². The molecule has 0 unspecified atom stereocenters. The molecule has 1 atom stereocenters. The van der Waals surface area contributed by atoms with E-state index < -0.39 is 29.6 Å². The third-order valence-electron chi connectivity index (χ3n) is 5.20. The molecule has 1 aromatic heterocycles. The summed E-state index contributed by atoms with van der Waals surface area (Å²) >= 11 is 0. The number of anilines is 2. The number of nitrogens with one attached hydrogen (secondary N) is 2. The molecule has 0 radical (unpaired) electrons. The van der Waals surface area contributed by atoms with Crippen LogP contribution in [0.15, 0.2) is 48.5 Å². The van der Waals surface area contributed by atoms with Gasteiger partial charge in [-0.25, -0.2) is 4.68 Å². The first kappa shape index (κ1) is 21.4. The van der Waals surface area contributed by atoms with Crippen molar-refractivity contribution in [3.63, 3.8) is 0 Å². The minimum Gasteiger partial charge on any atom is -0.497 e. The number of ether oxygens (including phenoxy) is 1. The maximum Gasteiger partial charge on any atom is 0.416 e. The molecule has 2 heterocycles. The lowest BCUT2D eigenvalue weighted by Gasteiger charge is -2.12. The van der Waals surface area contributed by atoms with Crippen LogP contribution in [0.5, 0.6) is 5.75 Å². The molecule has 2 N–H and O–H groups in total. The van der Waals surface area contributed by atoms with Crippen molar-refractivity contribution in [3.05, 3.63) is 59.7 Å². The first-order valence-corrected chi connectivity index (χ1v) is 9.69. The van der Waals surface area contributed by atoms with Gasteiger partial charge in [0, 0.05) is 16.8 Å². The lowest BCUT2D eigenvalue weighted by atomic mass is 10.1. The number of benzene rings is 2. The third kappa shape index (κ3) is 4.03. The number of amides is 2. The fraction of sp³-hybridized carbons (Fsp3) is 0.227. The van der Waals surface area contributed by atoms with E-state index in [0.29, 0.717) is 17.3 Å². The molecule has 0 saturated carbocycles. The molecule has 0 spiro atoms. The van der Waals surface area contributed by atoms with Crippen LogP contribution in [0.4, 0.5) is 24.7 Å². The summed E-state index contributed by atoms with van der Waals surface area (Å²) in [6.45, 7) is 1.81. The minimum atomic E-state index is -4.52. The van der Waals surface area contributed by atoms with Gasteiger partial charge in [0.1, 0.15) is 17.6 Å². The van der Waals surface area contributed by atoms with E-state index in [0.717, 1.165) is 23.3 Å². The van der Waals surface area contributed by atoms with Crippen molar-refractivity contribution in [1.82, 2.24) is 9.78 Å². The van der Waals surface area contributed by atoms with Gasteiger partial charge in [0.05, 0.1) is 24.8 Å². The van der Waals surface area contributed by atoms with E-state index in [1.165, 1.54) is 16.8 Å². The summed E-state index contributed by atoms with van der Waals surface area (Å²) in [5.41, 5.74) is 1.32. The van der Waals surface area contributed by atoms with E-state index in [9.17, 15) is 22.8 Å². The number of nitrogens with zero attached hydrogens (tertiary/aromatic N) is 2. The first-order chi connectivity index (χ1) is 15.2. The molecule has 3 aromatic rings. The number of methoxy groups -OCH3 is 1. The summed E-state index contributed by atoms with van der Waals surface area (Å²) in [6.07, 6.45) is -4.80. The predicted octanol–water partition coefficient (Wildman–Crippen LogP) is 4.41. The van der Waals surface area contributed by atoms with Crippen LogP contribution in [-0.2, 0) is 15.8 Å². The second kappa shape index (κ2) is 8.03. The lowest BCUT2D eigenvalue weighted by molar-refractivity contribution is -0.137. The predicted molar refractivity (Wildman–Crippen MR) is 111 cm³/mol. The van der Waals surface area contributed by atoms with Crippen molar-refractivity contribution in [2.75, 3.05) is 17.7 Å². The highest BCUT2D eigenvalue weighted by molar-refractivity contribution is 6.02. The molecule has 32 heavy (non-hydrogen) atoms. The van der Waals surface area contributed by atoms with Crippen molar-refractivity contribution in [3.8, 4) is 17.0 Å². The molecule has 7 nitrogen and oxygen atoms in total. The topological polar surface area (TPSA) is 85.2 Å². The fourth-order valence-corrected chi connectivity index (χ4v) is 3.57. The maximum absolute atomic E-state index is 12.9. The van der Waals surface area contributed by atoms with Gasteiger partial charge in [-0.3, -0.25) is 9.59 Å². The van der Waals surface area contributed by atoms with E-state index in [1.54, 1.807) is 19.2 Å². The zero-order chi connectivity index (χ0) is 23.0. The van der Waals surface area contributed by atoms with Gasteiger partial charge in [-0.2, -0.15) is 18.3 Å². The summed E-state index contributed by atoms with van der Waals surface area (Å²) in [4.78, 5) is 24.9. The molecule has 2 amide bonds. The van der Waals surface area contributed by atoms with E-state index >= 15 is 0 Å². The van der Waals surface area contributed by atoms with Crippen molar-refractivity contribution in [2.24, 2.45) is 0 Å². The van der Waals surface area contributed by atoms with Crippen LogP contribution in [0.3, 0.4) is 0 Å². The molecule has 1 aliphatic rings. The number of aromatic nitrogens is 2. The number of halogens is 3. The van der Waals surface area contributed by atoms with Gasteiger partial charge < -0.3 is 15.4 Å². The molecule has 2 aromatic carbocycles. The number of fused-ring (bicyclic) bond motifs is 1. The Balaban J connectivity index is 1.54. The Hall–Kier alpha value is -3.82. The van der Waals surface area contributed by atoms with Crippen molar-refractivity contribution >= 4 is 23.3 Å². The first-order valence-electron chi connectivity index (χ1n) is 9.69. The van der Waals surface area contributed by atoms with Gasteiger partial charge in [0.2, 0.25) is 5.91 Å². The molecule has 1 aliphatic heterocycles. The standard InChI is InChI=1S/C22H19F3N4O3/c1-12-19(13-6-8-16(32-2)9-7-13)28-29-17(21(31)27-20(12)29)11-18(30)26-15-5-3-4-14(10-15)22(23,24)25/h3-10,17H,11H2,1-2H3,(H,26,30)(H,27,31)/t17-/m1/s1. The molecule has 4 rings (SSSR count). The number of hydrogen-bond donors (Lipinski definition) is 2. The van der Waals surface area contributed by atoms with Crippen LogP contribution in [0.2, 0.25) is 0 Å². The summed E-state index contributed by atoms with van der Waals surface area (Å²) in [5, 5.41) is 9.68. The SMILES string of the molecule is COc1ccc(-c2nn3c(c2C)NC(=O)[C@H]3CC(=O)Nc2cccc(C(F)(F)F)c2)cc1.